The van der Waals surface area contributed by atoms with Crippen molar-refractivity contribution in [3.05, 3.63) is 42.5 Å². The summed E-state index contributed by atoms with van der Waals surface area (Å²) in [5.74, 6) is 0.762. The van der Waals surface area contributed by atoms with Gasteiger partial charge in [-0.25, -0.2) is 8.42 Å². The minimum absolute atomic E-state index is 0.235. The van der Waals surface area contributed by atoms with Gasteiger partial charge in [-0.15, -0.1) is 0 Å². The van der Waals surface area contributed by atoms with Gasteiger partial charge in [0.2, 0.25) is 15.9 Å². The molecule has 0 radical (unpaired) electrons. The topological polar surface area (TPSA) is 94.2 Å². The fraction of sp³-hybridized carbons (Fsp3) is 0.316. The third-order valence-corrected chi connectivity index (χ3v) is 4.93. The summed E-state index contributed by atoms with van der Waals surface area (Å²) < 4.78 is 41.6. The van der Waals surface area contributed by atoms with Gasteiger partial charge in [0.1, 0.15) is 23.8 Å². The minimum atomic E-state index is -3.76. The van der Waals surface area contributed by atoms with E-state index in [1.54, 1.807) is 36.4 Å². The van der Waals surface area contributed by atoms with Crippen molar-refractivity contribution in [1.29, 1.82) is 0 Å². The summed E-state index contributed by atoms with van der Waals surface area (Å²) in [6.07, 6.45) is 1.03. The van der Waals surface area contributed by atoms with E-state index in [2.05, 4.69) is 5.32 Å². The summed E-state index contributed by atoms with van der Waals surface area (Å²) in [5.41, 5.74) is 0.698. The van der Waals surface area contributed by atoms with Crippen LogP contribution >= 0.6 is 0 Å². The van der Waals surface area contributed by atoms with Crippen molar-refractivity contribution < 1.29 is 27.4 Å². The number of nitrogens with one attached hydrogen (secondary N) is 1. The average Bonchev–Trinajstić information content (AvgIpc) is 2.66. The van der Waals surface area contributed by atoms with Crippen molar-refractivity contribution in [2.45, 2.75) is 6.92 Å². The normalized spacial score (nSPS) is 10.9. The molecule has 2 aromatic rings. The summed E-state index contributed by atoms with van der Waals surface area (Å²) >= 11 is 0. The molecule has 0 aliphatic rings. The smallest absolute Gasteiger partial charge is 0.245 e. The van der Waals surface area contributed by atoms with Crippen molar-refractivity contribution in [3.63, 3.8) is 0 Å². The Morgan fingerprint density at radius 1 is 1.07 bits per heavy atom. The molecule has 0 saturated heterocycles. The van der Waals surface area contributed by atoms with Gasteiger partial charge in [0.25, 0.3) is 0 Å². The number of hydrogen-bond acceptors (Lipinski definition) is 6. The number of sulfonamides is 1. The molecule has 0 aliphatic heterocycles. The van der Waals surface area contributed by atoms with Crippen molar-refractivity contribution in [2.75, 3.05) is 43.2 Å². The standard InChI is InChI=1S/C19H24N2O6S/c1-5-27-17-9-7-6-8-15(17)20-19(22)13-21(28(4,23)24)16-11-10-14(25-2)12-18(16)26-3/h6-12H,5,13H2,1-4H3,(H,20,22). The zero-order valence-corrected chi connectivity index (χ0v) is 17.1. The summed E-state index contributed by atoms with van der Waals surface area (Å²) in [4.78, 5) is 12.6. The number of methoxy groups -OCH3 is 2. The molecule has 0 spiro atoms. The fourth-order valence-electron chi connectivity index (χ4n) is 2.54. The summed E-state index contributed by atoms with van der Waals surface area (Å²) in [5, 5.41) is 2.69. The third-order valence-electron chi connectivity index (χ3n) is 3.80. The van der Waals surface area contributed by atoms with E-state index in [1.807, 2.05) is 6.92 Å². The van der Waals surface area contributed by atoms with Crippen LogP contribution in [-0.4, -0.2) is 48.0 Å². The molecule has 0 aliphatic carbocycles. The lowest BCUT2D eigenvalue weighted by molar-refractivity contribution is -0.114. The molecule has 8 nitrogen and oxygen atoms in total. The predicted octanol–water partition coefficient (Wildman–Crippen LogP) is 2.51. The lowest BCUT2D eigenvalue weighted by atomic mass is 10.2. The highest BCUT2D eigenvalue weighted by Gasteiger charge is 2.24. The molecule has 2 rings (SSSR count). The quantitative estimate of drug-likeness (QED) is 0.685. The maximum Gasteiger partial charge on any atom is 0.245 e. The van der Waals surface area contributed by atoms with E-state index in [0.29, 0.717) is 23.8 Å². The van der Waals surface area contributed by atoms with E-state index in [9.17, 15) is 13.2 Å². The summed E-state index contributed by atoms with van der Waals surface area (Å²) in [7, 11) is -0.851. The van der Waals surface area contributed by atoms with Crippen LogP contribution in [0, 0.1) is 0 Å². The van der Waals surface area contributed by atoms with Gasteiger partial charge in [-0.1, -0.05) is 12.1 Å². The van der Waals surface area contributed by atoms with Gasteiger partial charge in [-0.05, 0) is 31.2 Å². The number of anilines is 2. The average molecular weight is 408 g/mol. The molecular weight excluding hydrogens is 384 g/mol. The minimum Gasteiger partial charge on any atom is -0.497 e. The van der Waals surface area contributed by atoms with Crippen molar-refractivity contribution in [2.24, 2.45) is 0 Å². The maximum absolute atomic E-state index is 12.6. The number of hydrogen-bond donors (Lipinski definition) is 1. The van der Waals surface area contributed by atoms with Crippen LogP contribution in [-0.2, 0) is 14.8 Å². The van der Waals surface area contributed by atoms with Gasteiger partial charge < -0.3 is 19.5 Å². The molecular formula is C19H24N2O6S. The Labute approximate surface area is 165 Å². The Balaban J connectivity index is 2.30. The van der Waals surface area contributed by atoms with Crippen molar-refractivity contribution in [3.8, 4) is 17.2 Å². The Morgan fingerprint density at radius 3 is 2.39 bits per heavy atom. The second-order valence-corrected chi connectivity index (χ2v) is 7.69. The molecule has 0 atom stereocenters. The van der Waals surface area contributed by atoms with Crippen LogP contribution in [0.15, 0.2) is 42.5 Å². The highest BCUT2D eigenvalue weighted by Crippen LogP contribution is 2.33. The first kappa shape index (κ1) is 21.4. The molecule has 0 unspecified atom stereocenters. The molecule has 1 N–H and O–H groups in total. The van der Waals surface area contributed by atoms with Crippen LogP contribution < -0.4 is 23.8 Å². The Morgan fingerprint density at radius 2 is 1.79 bits per heavy atom. The van der Waals surface area contributed by atoms with Crippen LogP contribution in [0.3, 0.4) is 0 Å². The molecule has 2 aromatic carbocycles. The molecule has 28 heavy (non-hydrogen) atoms. The third kappa shape index (κ3) is 5.29. The molecule has 0 aromatic heterocycles. The van der Waals surface area contributed by atoms with Crippen LogP contribution in [0.4, 0.5) is 11.4 Å². The number of para-hydroxylation sites is 2. The van der Waals surface area contributed by atoms with E-state index in [-0.39, 0.29) is 11.4 Å². The van der Waals surface area contributed by atoms with E-state index >= 15 is 0 Å². The SMILES string of the molecule is CCOc1ccccc1NC(=O)CN(c1ccc(OC)cc1OC)S(C)(=O)=O. The van der Waals surface area contributed by atoms with Gasteiger partial charge in [0.05, 0.1) is 38.5 Å². The van der Waals surface area contributed by atoms with E-state index in [4.69, 9.17) is 14.2 Å². The second kappa shape index (κ2) is 9.32. The molecule has 152 valence electrons. The lowest BCUT2D eigenvalue weighted by Gasteiger charge is -2.24. The number of carbonyl (C=O) groups excluding carboxylic acids is 1. The van der Waals surface area contributed by atoms with Gasteiger partial charge in [-0.2, -0.15) is 0 Å². The number of ether oxygens (including phenoxy) is 3. The largest absolute Gasteiger partial charge is 0.497 e. The van der Waals surface area contributed by atoms with E-state index in [0.717, 1.165) is 10.6 Å². The first-order valence-corrected chi connectivity index (χ1v) is 10.4. The first-order valence-electron chi connectivity index (χ1n) is 8.51. The van der Waals surface area contributed by atoms with Crippen molar-refractivity contribution >= 4 is 27.3 Å². The van der Waals surface area contributed by atoms with Gasteiger partial charge in [0.15, 0.2) is 0 Å². The maximum atomic E-state index is 12.6. The van der Waals surface area contributed by atoms with Gasteiger partial charge in [0, 0.05) is 6.07 Å². The Bertz CT molecular complexity index is 930. The first-order chi connectivity index (χ1) is 13.3. The van der Waals surface area contributed by atoms with Crippen LogP contribution in [0.5, 0.6) is 17.2 Å². The summed E-state index contributed by atoms with van der Waals surface area (Å²) in [6, 6.07) is 11.6. The zero-order chi connectivity index (χ0) is 20.7. The van der Waals surface area contributed by atoms with Gasteiger partial charge >= 0.3 is 0 Å². The van der Waals surface area contributed by atoms with Crippen LogP contribution in [0.25, 0.3) is 0 Å². The number of benzene rings is 2. The summed E-state index contributed by atoms with van der Waals surface area (Å²) in [6.45, 7) is 1.84. The van der Waals surface area contributed by atoms with Gasteiger partial charge in [-0.3, -0.25) is 9.10 Å². The molecule has 1 amide bonds. The molecule has 0 fully saturated rings. The molecule has 0 saturated carbocycles. The zero-order valence-electron chi connectivity index (χ0n) is 16.3. The fourth-order valence-corrected chi connectivity index (χ4v) is 3.40. The molecule has 0 bridgehead atoms. The highest BCUT2D eigenvalue weighted by molar-refractivity contribution is 7.92. The number of rotatable bonds is 9. The van der Waals surface area contributed by atoms with Crippen molar-refractivity contribution in [1.82, 2.24) is 0 Å². The van der Waals surface area contributed by atoms with E-state index < -0.39 is 22.5 Å². The highest BCUT2D eigenvalue weighted by atomic mass is 32.2. The predicted molar refractivity (Wildman–Crippen MR) is 108 cm³/mol. The monoisotopic (exact) mass is 408 g/mol. The molecule has 0 heterocycles. The van der Waals surface area contributed by atoms with Crippen LogP contribution in [0.2, 0.25) is 0 Å². The lowest BCUT2D eigenvalue weighted by Crippen LogP contribution is -2.37. The molecule has 9 heteroatoms. The second-order valence-electron chi connectivity index (χ2n) is 5.78. The van der Waals surface area contributed by atoms with E-state index in [1.165, 1.54) is 20.3 Å². The number of carbonyl (C=O) groups is 1. The Kier molecular flexibility index (Phi) is 7.11. The Hall–Kier alpha value is -2.94. The number of amides is 1. The number of nitrogens with zero attached hydrogens (tertiary/aromatic N) is 1. The van der Waals surface area contributed by atoms with Crippen LogP contribution in [0.1, 0.15) is 6.92 Å².